The molecular formula is C30H39N5O. The number of likely N-dealkylation sites (tertiary alicyclic amines) is 1. The van der Waals surface area contributed by atoms with Crippen molar-refractivity contribution in [3.63, 3.8) is 0 Å². The minimum atomic E-state index is 0.306. The zero-order chi connectivity index (χ0) is 24.6. The van der Waals surface area contributed by atoms with E-state index in [9.17, 15) is 4.79 Å². The van der Waals surface area contributed by atoms with Gasteiger partial charge in [-0.25, -0.2) is 4.52 Å². The second-order valence-corrected chi connectivity index (χ2v) is 11.1. The first kappa shape index (κ1) is 23.5. The second kappa shape index (κ2) is 9.89. The largest absolute Gasteiger partial charge is 0.366 e. The van der Waals surface area contributed by atoms with Gasteiger partial charge >= 0.3 is 0 Å². The van der Waals surface area contributed by atoms with Crippen LogP contribution in [-0.2, 0) is 4.79 Å². The van der Waals surface area contributed by atoms with Gasteiger partial charge in [0, 0.05) is 62.6 Å². The molecule has 6 heteroatoms. The van der Waals surface area contributed by atoms with Crippen LogP contribution in [0, 0.1) is 5.92 Å². The molecule has 3 fully saturated rings. The molecule has 6 nitrogen and oxygen atoms in total. The zero-order valence-electron chi connectivity index (χ0n) is 21.8. The number of piperidine rings is 1. The fraction of sp³-hybridized carbons (Fsp3) is 0.533. The molecule has 1 saturated carbocycles. The first-order chi connectivity index (χ1) is 17.6. The minimum absolute atomic E-state index is 0.306. The maximum absolute atomic E-state index is 12.5. The maximum atomic E-state index is 12.5. The van der Waals surface area contributed by atoms with Crippen molar-refractivity contribution in [3.05, 3.63) is 54.4 Å². The van der Waals surface area contributed by atoms with Crippen LogP contribution in [0.25, 0.3) is 16.6 Å². The van der Waals surface area contributed by atoms with Crippen LogP contribution in [0.2, 0.25) is 0 Å². The van der Waals surface area contributed by atoms with Crippen LogP contribution in [0.1, 0.15) is 57.4 Å². The highest BCUT2D eigenvalue weighted by Crippen LogP contribution is 2.34. The summed E-state index contributed by atoms with van der Waals surface area (Å²) in [5, 5.41) is 4.60. The average molecular weight is 486 g/mol. The summed E-state index contributed by atoms with van der Waals surface area (Å²) in [6.45, 7) is 10.5. The fourth-order valence-electron chi connectivity index (χ4n) is 6.07. The first-order valence-corrected chi connectivity index (χ1v) is 14.0. The van der Waals surface area contributed by atoms with E-state index < -0.39 is 0 Å². The predicted molar refractivity (Wildman–Crippen MR) is 145 cm³/mol. The number of amides is 1. The molecule has 0 spiro atoms. The molecule has 1 amide bonds. The third-order valence-corrected chi connectivity index (χ3v) is 8.73. The number of nitrogens with zero attached hydrogens (tertiary/aromatic N) is 5. The third-order valence-electron chi connectivity index (χ3n) is 8.73. The van der Waals surface area contributed by atoms with Crippen molar-refractivity contribution in [1.82, 2.24) is 19.4 Å². The molecule has 0 unspecified atom stereocenters. The van der Waals surface area contributed by atoms with E-state index in [1.165, 1.54) is 54.7 Å². The molecule has 2 aromatic heterocycles. The molecule has 1 aliphatic carbocycles. The molecule has 2 saturated heterocycles. The number of hydrogen-bond donors (Lipinski definition) is 0. The van der Waals surface area contributed by atoms with Crippen LogP contribution in [0.3, 0.4) is 0 Å². The van der Waals surface area contributed by atoms with Gasteiger partial charge in [0.05, 0.1) is 11.2 Å². The van der Waals surface area contributed by atoms with Crippen molar-refractivity contribution in [1.29, 1.82) is 0 Å². The van der Waals surface area contributed by atoms with Gasteiger partial charge in [-0.2, -0.15) is 5.10 Å². The van der Waals surface area contributed by atoms with E-state index in [4.69, 9.17) is 0 Å². The Bertz CT molecular complexity index is 1210. The predicted octanol–water partition coefficient (Wildman–Crippen LogP) is 5.04. The van der Waals surface area contributed by atoms with Gasteiger partial charge in [-0.3, -0.25) is 4.79 Å². The number of piperazine rings is 1. The van der Waals surface area contributed by atoms with E-state index in [0.29, 0.717) is 23.8 Å². The number of hydrogen-bond acceptors (Lipinski definition) is 4. The molecule has 6 rings (SSSR count). The molecule has 2 atom stereocenters. The van der Waals surface area contributed by atoms with Crippen LogP contribution in [0.15, 0.2) is 48.8 Å². The van der Waals surface area contributed by atoms with Crippen LogP contribution in [0.4, 0.5) is 5.69 Å². The molecule has 36 heavy (non-hydrogen) atoms. The number of rotatable bonds is 6. The number of carbonyl (C=O) groups excluding carboxylic acids is 1. The van der Waals surface area contributed by atoms with Crippen molar-refractivity contribution < 1.29 is 4.79 Å². The van der Waals surface area contributed by atoms with Gasteiger partial charge in [0.25, 0.3) is 0 Å². The summed E-state index contributed by atoms with van der Waals surface area (Å²) in [7, 11) is 0. The Morgan fingerprint density at radius 1 is 1.00 bits per heavy atom. The van der Waals surface area contributed by atoms with Crippen molar-refractivity contribution in [2.24, 2.45) is 5.92 Å². The Kier molecular flexibility index (Phi) is 6.46. The Morgan fingerprint density at radius 2 is 1.78 bits per heavy atom. The highest BCUT2D eigenvalue weighted by atomic mass is 16.2. The van der Waals surface area contributed by atoms with E-state index in [-0.39, 0.29) is 0 Å². The van der Waals surface area contributed by atoms with Gasteiger partial charge in [-0.15, -0.1) is 0 Å². The average Bonchev–Trinajstić information content (AvgIpc) is 3.70. The first-order valence-electron chi connectivity index (χ1n) is 14.0. The smallest absolute Gasteiger partial charge is 0.225 e. The van der Waals surface area contributed by atoms with Gasteiger partial charge in [-0.1, -0.05) is 31.2 Å². The zero-order valence-corrected chi connectivity index (χ0v) is 21.8. The Labute approximate surface area is 214 Å². The van der Waals surface area contributed by atoms with Crippen molar-refractivity contribution in [2.45, 2.75) is 57.9 Å². The number of carbonyl (C=O) groups is 1. The third kappa shape index (κ3) is 4.63. The molecule has 0 bridgehead atoms. The van der Waals surface area contributed by atoms with Crippen LogP contribution in [0.5, 0.6) is 0 Å². The minimum Gasteiger partial charge on any atom is -0.366 e. The SMILES string of the molecule is CC[C@@H](C)N1CCC[C@@H](c2ccc(-c3cc4c(N5CCN(C(=O)C6CC6)CC5)ccnn4c3)cc2)C1. The maximum Gasteiger partial charge on any atom is 0.225 e. The van der Waals surface area contributed by atoms with Gasteiger partial charge < -0.3 is 14.7 Å². The molecule has 1 aromatic carbocycles. The second-order valence-electron chi connectivity index (χ2n) is 11.1. The Balaban J connectivity index is 1.17. The number of aromatic nitrogens is 2. The highest BCUT2D eigenvalue weighted by Gasteiger charge is 2.34. The van der Waals surface area contributed by atoms with Crippen LogP contribution < -0.4 is 4.90 Å². The molecule has 4 heterocycles. The summed E-state index contributed by atoms with van der Waals surface area (Å²) in [5.74, 6) is 1.30. The Morgan fingerprint density at radius 3 is 2.50 bits per heavy atom. The monoisotopic (exact) mass is 485 g/mol. The van der Waals surface area contributed by atoms with Gasteiger partial charge in [0.15, 0.2) is 0 Å². The van der Waals surface area contributed by atoms with Crippen LogP contribution >= 0.6 is 0 Å². The summed E-state index contributed by atoms with van der Waals surface area (Å²) in [4.78, 5) is 19.6. The van der Waals surface area contributed by atoms with Gasteiger partial charge in [-0.05, 0) is 74.8 Å². The lowest BCUT2D eigenvalue weighted by Crippen LogP contribution is -2.49. The summed E-state index contributed by atoms with van der Waals surface area (Å²) < 4.78 is 2.01. The highest BCUT2D eigenvalue weighted by molar-refractivity contribution is 5.82. The Hall–Kier alpha value is -2.86. The van der Waals surface area contributed by atoms with Crippen LogP contribution in [-0.4, -0.2) is 70.6 Å². The number of anilines is 1. The molecule has 3 aromatic rings. The number of fused-ring (bicyclic) bond motifs is 1. The summed E-state index contributed by atoms with van der Waals surface area (Å²) in [6.07, 6.45) is 9.99. The summed E-state index contributed by atoms with van der Waals surface area (Å²) >= 11 is 0. The topological polar surface area (TPSA) is 44.1 Å². The van der Waals surface area contributed by atoms with E-state index in [0.717, 1.165) is 44.5 Å². The van der Waals surface area contributed by atoms with Crippen molar-refractivity contribution >= 4 is 17.1 Å². The lowest BCUT2D eigenvalue weighted by Gasteiger charge is -2.36. The fourth-order valence-corrected chi connectivity index (χ4v) is 6.07. The lowest BCUT2D eigenvalue weighted by molar-refractivity contribution is -0.132. The molecule has 0 radical (unpaired) electrons. The molecule has 2 aliphatic heterocycles. The number of benzene rings is 1. The molecule has 190 valence electrons. The molecule has 3 aliphatic rings. The summed E-state index contributed by atoms with van der Waals surface area (Å²) in [6, 6.07) is 14.3. The molecule has 0 N–H and O–H groups in total. The van der Waals surface area contributed by atoms with Gasteiger partial charge in [0.1, 0.15) is 0 Å². The quantitative estimate of drug-likeness (QED) is 0.491. The van der Waals surface area contributed by atoms with Crippen molar-refractivity contribution in [2.75, 3.05) is 44.2 Å². The normalized spacial score (nSPS) is 22.2. The lowest BCUT2D eigenvalue weighted by atomic mass is 9.89. The van der Waals surface area contributed by atoms with E-state index in [1.54, 1.807) is 0 Å². The van der Waals surface area contributed by atoms with E-state index in [1.807, 2.05) is 10.7 Å². The van der Waals surface area contributed by atoms with Gasteiger partial charge in [0.2, 0.25) is 5.91 Å². The van der Waals surface area contributed by atoms with E-state index in [2.05, 4.69) is 76.2 Å². The summed E-state index contributed by atoms with van der Waals surface area (Å²) in [5.41, 5.74) is 6.25. The van der Waals surface area contributed by atoms with E-state index >= 15 is 0 Å². The van der Waals surface area contributed by atoms with Crippen molar-refractivity contribution in [3.8, 4) is 11.1 Å². The molecular weight excluding hydrogens is 446 g/mol. The standard InChI is InChI=1S/C30H39N5O/c1-3-22(2)34-14-4-5-26(20-34)23-6-8-24(9-7-23)27-19-29-28(12-13-31-35(29)21-27)32-15-17-33(18-16-32)30(36)25-10-11-25/h6-9,12-13,19,21-22,25-26H,3-5,10-11,14-18,20H2,1-2H3/t22-,26-/m1/s1.